The summed E-state index contributed by atoms with van der Waals surface area (Å²) in [4.78, 5) is 13.9. The number of guanidine groups is 1. The Morgan fingerprint density at radius 1 is 1.17 bits per heavy atom. The van der Waals surface area contributed by atoms with Crippen LogP contribution in [0, 0.1) is 12.8 Å². The van der Waals surface area contributed by atoms with Crippen LogP contribution in [-0.4, -0.2) is 60.5 Å². The average Bonchev–Trinajstić information content (AvgIpc) is 3.40. The summed E-state index contributed by atoms with van der Waals surface area (Å²) in [6, 6.07) is 8.31. The lowest BCUT2D eigenvalue weighted by atomic mass is 10.1. The number of piperidine rings is 1. The molecule has 0 aliphatic carbocycles. The van der Waals surface area contributed by atoms with E-state index in [1.54, 1.807) is 6.20 Å². The molecule has 0 saturated carbocycles. The van der Waals surface area contributed by atoms with Crippen molar-refractivity contribution in [1.29, 1.82) is 0 Å². The molecule has 1 aromatic carbocycles. The maximum Gasteiger partial charge on any atom is 0.214 e. The average molecular weight is 396 g/mol. The van der Waals surface area contributed by atoms with Crippen molar-refractivity contribution >= 4 is 5.96 Å². The number of likely N-dealkylation sites (tertiary alicyclic amines) is 2. The van der Waals surface area contributed by atoms with E-state index in [9.17, 15) is 0 Å². The standard InChI is InChI=1S/C23H33N5O/c1-18-6-8-20(9-7-18)21-14-25-22(29-21)15-26-23(24-2)28-13-10-19(17-28)16-27-11-4-3-5-12-27/h6-9,14,19H,3-5,10-13,15-17H2,1-2H3,(H,24,26). The number of rotatable bonds is 5. The van der Waals surface area contributed by atoms with Crippen LogP contribution in [0.15, 0.2) is 39.9 Å². The summed E-state index contributed by atoms with van der Waals surface area (Å²) in [5.74, 6) is 3.17. The molecule has 2 aliphatic rings. The van der Waals surface area contributed by atoms with Crippen molar-refractivity contribution in [3.05, 3.63) is 41.9 Å². The van der Waals surface area contributed by atoms with Crippen LogP contribution in [0.2, 0.25) is 0 Å². The summed E-state index contributed by atoms with van der Waals surface area (Å²) < 4.78 is 5.93. The number of hydrogen-bond acceptors (Lipinski definition) is 4. The van der Waals surface area contributed by atoms with Gasteiger partial charge in [-0.2, -0.15) is 0 Å². The van der Waals surface area contributed by atoms with E-state index in [0.29, 0.717) is 12.4 Å². The third-order valence-electron chi connectivity index (χ3n) is 6.05. The Hall–Kier alpha value is -2.34. The molecule has 0 radical (unpaired) electrons. The number of oxazole rings is 1. The Morgan fingerprint density at radius 3 is 2.72 bits per heavy atom. The molecular formula is C23H33N5O. The van der Waals surface area contributed by atoms with Gasteiger partial charge < -0.3 is 19.5 Å². The van der Waals surface area contributed by atoms with Gasteiger partial charge in [0.15, 0.2) is 11.7 Å². The number of nitrogens with zero attached hydrogens (tertiary/aromatic N) is 4. The second kappa shape index (κ2) is 9.44. The molecular weight excluding hydrogens is 362 g/mol. The van der Waals surface area contributed by atoms with Crippen molar-refractivity contribution in [3.8, 4) is 11.3 Å². The summed E-state index contributed by atoms with van der Waals surface area (Å²) in [6.45, 7) is 8.56. The Kier molecular flexibility index (Phi) is 6.49. The van der Waals surface area contributed by atoms with Gasteiger partial charge in [0.25, 0.3) is 0 Å². The number of hydrogen-bond donors (Lipinski definition) is 1. The van der Waals surface area contributed by atoms with E-state index in [4.69, 9.17) is 4.42 Å². The third kappa shape index (κ3) is 5.18. The van der Waals surface area contributed by atoms with Gasteiger partial charge in [0.2, 0.25) is 5.89 Å². The summed E-state index contributed by atoms with van der Waals surface area (Å²) >= 11 is 0. The van der Waals surface area contributed by atoms with E-state index in [-0.39, 0.29) is 0 Å². The first kappa shape index (κ1) is 20.0. The van der Waals surface area contributed by atoms with Gasteiger partial charge in [-0.05, 0) is 45.2 Å². The van der Waals surface area contributed by atoms with Crippen molar-refractivity contribution in [2.24, 2.45) is 10.9 Å². The van der Waals surface area contributed by atoms with Gasteiger partial charge >= 0.3 is 0 Å². The van der Waals surface area contributed by atoms with E-state index >= 15 is 0 Å². The zero-order valence-electron chi connectivity index (χ0n) is 17.7. The zero-order valence-corrected chi connectivity index (χ0v) is 17.7. The molecule has 29 heavy (non-hydrogen) atoms. The quantitative estimate of drug-likeness (QED) is 0.620. The molecule has 2 aliphatic heterocycles. The molecule has 2 fully saturated rings. The molecule has 4 rings (SSSR count). The number of benzene rings is 1. The van der Waals surface area contributed by atoms with Crippen molar-refractivity contribution in [1.82, 2.24) is 20.1 Å². The Morgan fingerprint density at radius 2 is 1.97 bits per heavy atom. The molecule has 0 amide bonds. The Balaban J connectivity index is 1.28. The van der Waals surface area contributed by atoms with Crippen LogP contribution >= 0.6 is 0 Å². The van der Waals surface area contributed by atoms with E-state index in [1.165, 1.54) is 50.9 Å². The number of aromatic nitrogens is 1. The monoisotopic (exact) mass is 395 g/mol. The fraction of sp³-hybridized carbons (Fsp3) is 0.565. The summed E-state index contributed by atoms with van der Waals surface area (Å²) in [5, 5.41) is 3.43. The molecule has 156 valence electrons. The van der Waals surface area contributed by atoms with Gasteiger partial charge in [0.1, 0.15) is 0 Å². The summed E-state index contributed by atoms with van der Waals surface area (Å²) in [6.07, 6.45) is 7.17. The van der Waals surface area contributed by atoms with Gasteiger partial charge in [-0.3, -0.25) is 4.99 Å². The predicted molar refractivity (Wildman–Crippen MR) is 117 cm³/mol. The largest absolute Gasteiger partial charge is 0.439 e. The summed E-state index contributed by atoms with van der Waals surface area (Å²) in [7, 11) is 1.85. The van der Waals surface area contributed by atoms with Gasteiger partial charge in [-0.15, -0.1) is 0 Å². The molecule has 2 aromatic rings. The fourth-order valence-electron chi connectivity index (χ4n) is 4.41. The van der Waals surface area contributed by atoms with E-state index < -0.39 is 0 Å². The minimum absolute atomic E-state index is 0.547. The molecule has 0 spiro atoms. The minimum Gasteiger partial charge on any atom is -0.439 e. The topological polar surface area (TPSA) is 56.9 Å². The van der Waals surface area contributed by atoms with E-state index in [1.807, 2.05) is 7.05 Å². The maximum atomic E-state index is 5.93. The first-order valence-corrected chi connectivity index (χ1v) is 10.9. The molecule has 0 bridgehead atoms. The molecule has 1 N–H and O–H groups in total. The normalized spacial score (nSPS) is 21.0. The number of aryl methyl sites for hydroxylation is 1. The minimum atomic E-state index is 0.547. The van der Waals surface area contributed by atoms with E-state index in [2.05, 4.69) is 56.3 Å². The SMILES string of the molecule is CN=C(NCc1ncc(-c2ccc(C)cc2)o1)N1CCC(CN2CCCCC2)C1. The van der Waals surface area contributed by atoms with Gasteiger partial charge in [-0.25, -0.2) is 4.98 Å². The molecule has 2 saturated heterocycles. The molecule has 6 heteroatoms. The molecule has 1 unspecified atom stereocenters. The number of aliphatic imine (C=N–C) groups is 1. The fourth-order valence-corrected chi connectivity index (χ4v) is 4.41. The smallest absolute Gasteiger partial charge is 0.214 e. The van der Waals surface area contributed by atoms with Crippen molar-refractivity contribution in [2.45, 2.75) is 39.2 Å². The van der Waals surface area contributed by atoms with Crippen molar-refractivity contribution in [2.75, 3.05) is 39.8 Å². The number of nitrogens with one attached hydrogen (secondary N) is 1. The zero-order chi connectivity index (χ0) is 20.1. The van der Waals surface area contributed by atoms with Crippen LogP contribution in [0.3, 0.4) is 0 Å². The molecule has 1 atom stereocenters. The Bertz CT molecular complexity index is 807. The second-order valence-electron chi connectivity index (χ2n) is 8.35. The Labute approximate surface area is 174 Å². The van der Waals surface area contributed by atoms with E-state index in [0.717, 1.165) is 36.3 Å². The highest BCUT2D eigenvalue weighted by molar-refractivity contribution is 5.80. The maximum absolute atomic E-state index is 5.93. The second-order valence-corrected chi connectivity index (χ2v) is 8.35. The van der Waals surface area contributed by atoms with Gasteiger partial charge in [0, 0.05) is 32.2 Å². The first-order valence-electron chi connectivity index (χ1n) is 10.9. The highest BCUT2D eigenvalue weighted by atomic mass is 16.4. The van der Waals surface area contributed by atoms with Crippen molar-refractivity contribution < 1.29 is 4.42 Å². The van der Waals surface area contributed by atoms with Gasteiger partial charge in [-0.1, -0.05) is 36.2 Å². The van der Waals surface area contributed by atoms with Crippen LogP contribution in [0.25, 0.3) is 11.3 Å². The summed E-state index contributed by atoms with van der Waals surface area (Å²) in [5.41, 5.74) is 2.29. The lowest BCUT2D eigenvalue weighted by molar-refractivity contribution is 0.198. The van der Waals surface area contributed by atoms with Gasteiger partial charge in [0.05, 0.1) is 12.7 Å². The van der Waals surface area contributed by atoms with Crippen LogP contribution in [-0.2, 0) is 6.54 Å². The predicted octanol–water partition coefficient (Wildman–Crippen LogP) is 3.53. The van der Waals surface area contributed by atoms with Crippen LogP contribution in [0.4, 0.5) is 0 Å². The highest BCUT2D eigenvalue weighted by Crippen LogP contribution is 2.22. The third-order valence-corrected chi connectivity index (χ3v) is 6.05. The van der Waals surface area contributed by atoms with Crippen LogP contribution in [0.5, 0.6) is 0 Å². The highest BCUT2D eigenvalue weighted by Gasteiger charge is 2.27. The molecule has 1 aromatic heterocycles. The molecule has 3 heterocycles. The van der Waals surface area contributed by atoms with Crippen molar-refractivity contribution in [3.63, 3.8) is 0 Å². The first-order chi connectivity index (χ1) is 14.2. The van der Waals surface area contributed by atoms with Crippen LogP contribution in [0.1, 0.15) is 37.1 Å². The lowest BCUT2D eigenvalue weighted by Gasteiger charge is -2.29. The molecule has 6 nitrogen and oxygen atoms in total. The lowest BCUT2D eigenvalue weighted by Crippen LogP contribution is -2.41. The van der Waals surface area contributed by atoms with Crippen LogP contribution < -0.4 is 5.32 Å².